The normalized spacial score (nSPS) is 16.8. The third-order valence-electron chi connectivity index (χ3n) is 4.25. The summed E-state index contributed by atoms with van der Waals surface area (Å²) in [6.45, 7) is 0.757. The number of ether oxygens (including phenoxy) is 1. The Morgan fingerprint density at radius 1 is 1.24 bits per heavy atom. The topological polar surface area (TPSA) is 58.6 Å². The molecule has 1 fully saturated rings. The highest BCUT2D eigenvalue weighted by Crippen LogP contribution is 2.25. The van der Waals surface area contributed by atoms with E-state index < -0.39 is 5.92 Å². The van der Waals surface area contributed by atoms with Gasteiger partial charge in [0.05, 0.1) is 13.0 Å². The Morgan fingerprint density at radius 3 is 2.68 bits per heavy atom. The summed E-state index contributed by atoms with van der Waals surface area (Å²) in [5.41, 5.74) is 1.42. The van der Waals surface area contributed by atoms with E-state index in [4.69, 9.17) is 4.74 Å². The second-order valence-electron chi connectivity index (χ2n) is 5.98. The van der Waals surface area contributed by atoms with Crippen molar-refractivity contribution in [3.63, 3.8) is 0 Å². The minimum absolute atomic E-state index is 0.0647. The third-order valence-corrected chi connectivity index (χ3v) is 4.25. The number of amides is 2. The van der Waals surface area contributed by atoms with Crippen LogP contribution in [0.15, 0.2) is 48.5 Å². The maximum atomic E-state index is 12.9. The van der Waals surface area contributed by atoms with Crippen molar-refractivity contribution < 1.29 is 18.7 Å². The summed E-state index contributed by atoms with van der Waals surface area (Å²) in [5.74, 6) is -0.369. The van der Waals surface area contributed by atoms with Crippen LogP contribution in [0.2, 0.25) is 0 Å². The minimum Gasteiger partial charge on any atom is -0.496 e. The fraction of sp³-hybridized carbons (Fsp3) is 0.263. The lowest BCUT2D eigenvalue weighted by molar-refractivity contribution is -0.128. The van der Waals surface area contributed by atoms with Crippen molar-refractivity contribution in [3.05, 3.63) is 59.9 Å². The standard InChI is InChI=1S/C19H19FN2O3/c1-25-17-5-3-2-4-13(17)11-22-12-14(10-18(22)23)19(24)21-16-8-6-15(20)7-9-16/h2-9,14H,10-12H2,1H3,(H,21,24). The molecule has 0 bridgehead atoms. The van der Waals surface area contributed by atoms with Crippen LogP contribution in [-0.4, -0.2) is 30.4 Å². The molecular formula is C19H19FN2O3. The van der Waals surface area contributed by atoms with Crippen molar-refractivity contribution >= 4 is 17.5 Å². The summed E-state index contributed by atoms with van der Waals surface area (Å²) in [6, 6.07) is 13.1. The van der Waals surface area contributed by atoms with Crippen molar-refractivity contribution in [2.45, 2.75) is 13.0 Å². The van der Waals surface area contributed by atoms with Gasteiger partial charge in [-0.1, -0.05) is 18.2 Å². The van der Waals surface area contributed by atoms with E-state index in [-0.39, 0.29) is 24.1 Å². The van der Waals surface area contributed by atoms with Gasteiger partial charge in [-0.2, -0.15) is 0 Å². The highest BCUT2D eigenvalue weighted by molar-refractivity contribution is 5.97. The van der Waals surface area contributed by atoms with E-state index in [1.807, 2.05) is 24.3 Å². The predicted molar refractivity (Wildman–Crippen MR) is 91.5 cm³/mol. The van der Waals surface area contributed by atoms with Crippen LogP contribution in [0, 0.1) is 11.7 Å². The quantitative estimate of drug-likeness (QED) is 0.909. The molecule has 0 aliphatic carbocycles. The number of hydrogen-bond donors (Lipinski definition) is 1. The molecule has 1 unspecified atom stereocenters. The number of carbonyl (C=O) groups is 2. The highest BCUT2D eigenvalue weighted by atomic mass is 19.1. The molecule has 3 rings (SSSR count). The van der Waals surface area contributed by atoms with Gasteiger partial charge in [0.15, 0.2) is 0 Å². The van der Waals surface area contributed by atoms with E-state index in [0.717, 1.165) is 11.3 Å². The van der Waals surface area contributed by atoms with Crippen LogP contribution in [0.3, 0.4) is 0 Å². The molecule has 0 spiro atoms. The van der Waals surface area contributed by atoms with Gasteiger partial charge in [-0.3, -0.25) is 9.59 Å². The molecule has 0 saturated carbocycles. The van der Waals surface area contributed by atoms with Gasteiger partial charge in [0.1, 0.15) is 11.6 Å². The van der Waals surface area contributed by atoms with Crippen LogP contribution in [0.25, 0.3) is 0 Å². The van der Waals surface area contributed by atoms with E-state index in [0.29, 0.717) is 18.8 Å². The molecule has 1 aliphatic rings. The molecule has 1 aliphatic heterocycles. The Bertz CT molecular complexity index is 776. The zero-order valence-electron chi connectivity index (χ0n) is 13.9. The molecule has 1 N–H and O–H groups in total. The summed E-state index contributed by atoms with van der Waals surface area (Å²) in [4.78, 5) is 26.3. The van der Waals surface area contributed by atoms with Crippen LogP contribution in [0.4, 0.5) is 10.1 Å². The van der Waals surface area contributed by atoms with Crippen LogP contribution < -0.4 is 10.1 Å². The summed E-state index contributed by atoms with van der Waals surface area (Å²) >= 11 is 0. The van der Waals surface area contributed by atoms with Crippen LogP contribution in [0.1, 0.15) is 12.0 Å². The molecule has 6 heteroatoms. The van der Waals surface area contributed by atoms with Crippen LogP contribution >= 0.6 is 0 Å². The van der Waals surface area contributed by atoms with E-state index in [9.17, 15) is 14.0 Å². The van der Waals surface area contributed by atoms with Crippen molar-refractivity contribution in [1.29, 1.82) is 0 Å². The first-order valence-electron chi connectivity index (χ1n) is 8.03. The fourth-order valence-corrected chi connectivity index (χ4v) is 2.92. The zero-order valence-corrected chi connectivity index (χ0v) is 13.9. The average Bonchev–Trinajstić information content (AvgIpc) is 2.98. The molecule has 1 saturated heterocycles. The van der Waals surface area contributed by atoms with Crippen LogP contribution in [-0.2, 0) is 16.1 Å². The van der Waals surface area contributed by atoms with Gasteiger partial charge >= 0.3 is 0 Å². The predicted octanol–water partition coefficient (Wildman–Crippen LogP) is 2.82. The third kappa shape index (κ3) is 3.96. The first kappa shape index (κ1) is 17.0. The number of likely N-dealkylation sites (tertiary alicyclic amines) is 1. The van der Waals surface area contributed by atoms with Gasteiger partial charge in [-0.15, -0.1) is 0 Å². The molecule has 130 valence electrons. The number of methoxy groups -OCH3 is 1. The lowest BCUT2D eigenvalue weighted by Crippen LogP contribution is -2.28. The number of anilines is 1. The Hall–Kier alpha value is -2.89. The SMILES string of the molecule is COc1ccccc1CN1CC(C(=O)Nc2ccc(F)cc2)CC1=O. The molecule has 0 aromatic heterocycles. The fourth-order valence-electron chi connectivity index (χ4n) is 2.92. The number of nitrogens with zero attached hydrogens (tertiary/aromatic N) is 1. The Kier molecular flexibility index (Phi) is 4.97. The number of nitrogens with one attached hydrogen (secondary N) is 1. The smallest absolute Gasteiger partial charge is 0.229 e. The molecule has 25 heavy (non-hydrogen) atoms. The second kappa shape index (κ2) is 7.34. The van der Waals surface area contributed by atoms with Crippen molar-refractivity contribution in [2.24, 2.45) is 5.92 Å². The number of carbonyl (C=O) groups excluding carboxylic acids is 2. The molecule has 2 amide bonds. The highest BCUT2D eigenvalue weighted by Gasteiger charge is 2.34. The number of rotatable bonds is 5. The Balaban J connectivity index is 1.63. The van der Waals surface area contributed by atoms with Gasteiger partial charge in [0, 0.05) is 30.8 Å². The number of para-hydroxylation sites is 1. The number of benzene rings is 2. The largest absolute Gasteiger partial charge is 0.496 e. The first-order valence-corrected chi connectivity index (χ1v) is 8.03. The lowest BCUT2D eigenvalue weighted by Gasteiger charge is -2.18. The number of halogens is 1. The molecule has 2 aromatic carbocycles. The molecule has 0 radical (unpaired) electrons. The molecular weight excluding hydrogens is 323 g/mol. The van der Waals surface area contributed by atoms with E-state index >= 15 is 0 Å². The molecule has 1 heterocycles. The monoisotopic (exact) mass is 342 g/mol. The maximum absolute atomic E-state index is 12.9. The van der Waals surface area contributed by atoms with Crippen molar-refractivity contribution in [3.8, 4) is 5.75 Å². The van der Waals surface area contributed by atoms with E-state index in [1.165, 1.54) is 24.3 Å². The van der Waals surface area contributed by atoms with Crippen molar-refractivity contribution in [1.82, 2.24) is 4.90 Å². The minimum atomic E-state index is -0.424. The molecule has 2 aromatic rings. The van der Waals surface area contributed by atoms with Gasteiger partial charge < -0.3 is 15.0 Å². The molecule has 1 atom stereocenters. The van der Waals surface area contributed by atoms with Gasteiger partial charge in [0.25, 0.3) is 0 Å². The van der Waals surface area contributed by atoms with Crippen molar-refractivity contribution in [2.75, 3.05) is 19.0 Å². The molecule has 5 nitrogen and oxygen atoms in total. The summed E-state index contributed by atoms with van der Waals surface area (Å²) in [5, 5.41) is 2.73. The first-order chi connectivity index (χ1) is 12.1. The van der Waals surface area contributed by atoms with Gasteiger partial charge in [0.2, 0.25) is 11.8 Å². The van der Waals surface area contributed by atoms with E-state index in [1.54, 1.807) is 12.0 Å². The van der Waals surface area contributed by atoms with E-state index in [2.05, 4.69) is 5.32 Å². The van der Waals surface area contributed by atoms with Gasteiger partial charge in [-0.05, 0) is 30.3 Å². The second-order valence-corrected chi connectivity index (χ2v) is 5.98. The average molecular weight is 342 g/mol. The van der Waals surface area contributed by atoms with Gasteiger partial charge in [-0.25, -0.2) is 4.39 Å². The number of hydrogen-bond acceptors (Lipinski definition) is 3. The summed E-state index contributed by atoms with van der Waals surface area (Å²) in [7, 11) is 1.59. The zero-order chi connectivity index (χ0) is 17.8. The Labute approximate surface area is 145 Å². The Morgan fingerprint density at radius 2 is 1.96 bits per heavy atom. The summed E-state index contributed by atoms with van der Waals surface area (Å²) in [6.07, 6.45) is 0.169. The maximum Gasteiger partial charge on any atom is 0.229 e. The lowest BCUT2D eigenvalue weighted by atomic mass is 10.1. The summed E-state index contributed by atoms with van der Waals surface area (Å²) < 4.78 is 18.2. The van der Waals surface area contributed by atoms with Crippen LogP contribution in [0.5, 0.6) is 5.75 Å².